The van der Waals surface area contributed by atoms with Crippen LogP contribution in [0.3, 0.4) is 0 Å². The van der Waals surface area contributed by atoms with Crippen LogP contribution in [0.2, 0.25) is 0 Å². The Balaban J connectivity index is 2.33. The van der Waals surface area contributed by atoms with E-state index in [2.05, 4.69) is 15.9 Å². The first-order chi connectivity index (χ1) is 8.50. The maximum absolute atomic E-state index is 11.4. The molecule has 1 unspecified atom stereocenters. The molecule has 1 heterocycles. The van der Waals surface area contributed by atoms with Crippen molar-refractivity contribution in [1.82, 2.24) is 0 Å². The van der Waals surface area contributed by atoms with Crippen LogP contribution in [0.4, 0.5) is 5.69 Å². The lowest BCUT2D eigenvalue weighted by Gasteiger charge is -2.25. The number of nitrogens with zero attached hydrogens (tertiary/aromatic N) is 1. The van der Waals surface area contributed by atoms with Gasteiger partial charge in [0.05, 0.1) is 5.69 Å². The zero-order chi connectivity index (χ0) is 13.3. The topological polar surface area (TPSA) is 72.4 Å². The molecule has 1 atom stereocenters. The maximum Gasteiger partial charge on any atom is 0.240 e. The van der Waals surface area contributed by atoms with Crippen LogP contribution in [0.25, 0.3) is 0 Å². The Hall–Kier alpha value is -1.14. The van der Waals surface area contributed by atoms with Gasteiger partial charge < -0.3 is 16.4 Å². The number of hydrogen-bond donors (Lipinski definition) is 2. The standard InChI is InChI=1S/C12H14BrN3OS/c13-8-6-7(12(15)18)3-4-9(8)16-5-1-2-10(16)11(14)17/h3-4,6,10H,1-2,5H2,(H2,14,17)(H2,15,18). The predicted molar refractivity (Wildman–Crippen MR) is 79.6 cm³/mol. The van der Waals surface area contributed by atoms with Crippen molar-refractivity contribution in [3.8, 4) is 0 Å². The predicted octanol–water partition coefficient (Wildman–Crippen LogP) is 1.54. The highest BCUT2D eigenvalue weighted by molar-refractivity contribution is 9.10. The third-order valence-electron chi connectivity index (χ3n) is 3.12. The molecule has 6 heteroatoms. The number of primary amides is 1. The van der Waals surface area contributed by atoms with E-state index in [1.165, 1.54) is 0 Å². The van der Waals surface area contributed by atoms with Crippen LogP contribution in [0.1, 0.15) is 18.4 Å². The second kappa shape index (κ2) is 5.24. The van der Waals surface area contributed by atoms with E-state index in [4.69, 9.17) is 23.7 Å². The smallest absolute Gasteiger partial charge is 0.240 e. The number of hydrogen-bond acceptors (Lipinski definition) is 3. The Morgan fingerprint density at radius 1 is 1.44 bits per heavy atom. The lowest BCUT2D eigenvalue weighted by molar-refractivity contribution is -0.119. The second-order valence-corrected chi connectivity index (χ2v) is 5.58. The quantitative estimate of drug-likeness (QED) is 0.826. The van der Waals surface area contributed by atoms with Gasteiger partial charge in [-0.1, -0.05) is 12.2 Å². The summed E-state index contributed by atoms with van der Waals surface area (Å²) in [5.74, 6) is -0.280. The number of thiocarbonyl (C=S) groups is 1. The Morgan fingerprint density at radius 3 is 2.72 bits per heavy atom. The molecule has 1 fully saturated rings. The summed E-state index contributed by atoms with van der Waals surface area (Å²) in [6.45, 7) is 0.832. The SMILES string of the molecule is NC(=O)C1CCCN1c1ccc(C(N)=S)cc1Br. The van der Waals surface area contributed by atoms with Gasteiger partial charge in [0.2, 0.25) is 5.91 Å². The van der Waals surface area contributed by atoms with Gasteiger partial charge in [-0.25, -0.2) is 0 Å². The van der Waals surface area contributed by atoms with Gasteiger partial charge in [0.15, 0.2) is 0 Å². The van der Waals surface area contributed by atoms with E-state index in [0.29, 0.717) is 4.99 Å². The molecule has 0 aromatic heterocycles. The Kier molecular flexibility index (Phi) is 3.87. The number of amides is 1. The van der Waals surface area contributed by atoms with Crippen molar-refractivity contribution in [3.63, 3.8) is 0 Å². The number of anilines is 1. The minimum Gasteiger partial charge on any atom is -0.389 e. The zero-order valence-corrected chi connectivity index (χ0v) is 12.1. The van der Waals surface area contributed by atoms with E-state index in [1.54, 1.807) is 0 Å². The summed E-state index contributed by atoms with van der Waals surface area (Å²) in [7, 11) is 0. The van der Waals surface area contributed by atoms with E-state index in [1.807, 2.05) is 23.1 Å². The van der Waals surface area contributed by atoms with Crippen molar-refractivity contribution in [1.29, 1.82) is 0 Å². The maximum atomic E-state index is 11.4. The van der Waals surface area contributed by atoms with Crippen LogP contribution in [-0.4, -0.2) is 23.5 Å². The lowest BCUT2D eigenvalue weighted by atomic mass is 10.1. The summed E-state index contributed by atoms with van der Waals surface area (Å²) in [5.41, 5.74) is 12.8. The monoisotopic (exact) mass is 327 g/mol. The molecule has 0 spiro atoms. The molecule has 18 heavy (non-hydrogen) atoms. The van der Waals surface area contributed by atoms with Crippen molar-refractivity contribution < 1.29 is 4.79 Å². The molecule has 96 valence electrons. The third kappa shape index (κ3) is 2.49. The summed E-state index contributed by atoms with van der Waals surface area (Å²) >= 11 is 8.43. The minimum absolute atomic E-state index is 0.225. The summed E-state index contributed by atoms with van der Waals surface area (Å²) < 4.78 is 0.876. The third-order valence-corrected chi connectivity index (χ3v) is 3.99. The molecule has 1 aliphatic heterocycles. The summed E-state index contributed by atoms with van der Waals surface area (Å²) in [4.78, 5) is 13.8. The normalized spacial score (nSPS) is 18.9. The highest BCUT2D eigenvalue weighted by atomic mass is 79.9. The van der Waals surface area contributed by atoms with Crippen LogP contribution in [0.15, 0.2) is 22.7 Å². The van der Waals surface area contributed by atoms with Gasteiger partial charge in [-0.3, -0.25) is 4.79 Å². The van der Waals surface area contributed by atoms with Crippen molar-refractivity contribution in [2.45, 2.75) is 18.9 Å². The first-order valence-electron chi connectivity index (χ1n) is 5.66. The Bertz CT molecular complexity index is 506. The fourth-order valence-corrected chi connectivity index (χ4v) is 2.98. The molecule has 1 amide bonds. The number of halogens is 1. The second-order valence-electron chi connectivity index (χ2n) is 4.28. The van der Waals surface area contributed by atoms with E-state index in [9.17, 15) is 4.79 Å². The average Bonchev–Trinajstić information content (AvgIpc) is 2.77. The molecule has 4 nitrogen and oxygen atoms in total. The molecule has 1 aromatic carbocycles. The van der Waals surface area contributed by atoms with Crippen molar-refractivity contribution in [2.75, 3.05) is 11.4 Å². The highest BCUT2D eigenvalue weighted by Crippen LogP contribution is 2.32. The van der Waals surface area contributed by atoms with Gasteiger partial charge >= 0.3 is 0 Å². The largest absolute Gasteiger partial charge is 0.389 e. The van der Waals surface area contributed by atoms with Crippen LogP contribution in [0, 0.1) is 0 Å². The van der Waals surface area contributed by atoms with E-state index < -0.39 is 0 Å². The molecule has 2 rings (SSSR count). The van der Waals surface area contributed by atoms with E-state index in [-0.39, 0.29) is 11.9 Å². The van der Waals surface area contributed by atoms with E-state index in [0.717, 1.165) is 35.1 Å². The number of carbonyl (C=O) groups is 1. The first kappa shape index (κ1) is 13.3. The molecule has 0 aliphatic carbocycles. The van der Waals surface area contributed by atoms with Crippen LogP contribution < -0.4 is 16.4 Å². The minimum atomic E-state index is -0.280. The molecule has 0 radical (unpaired) electrons. The Morgan fingerprint density at radius 2 is 2.17 bits per heavy atom. The number of rotatable bonds is 3. The highest BCUT2D eigenvalue weighted by Gasteiger charge is 2.30. The number of nitrogens with two attached hydrogens (primary N) is 2. The molecular formula is C12H14BrN3OS. The fraction of sp³-hybridized carbons (Fsp3) is 0.333. The first-order valence-corrected chi connectivity index (χ1v) is 6.86. The number of carbonyl (C=O) groups excluding carboxylic acids is 1. The van der Waals surface area contributed by atoms with Gasteiger partial charge in [-0.2, -0.15) is 0 Å². The molecule has 0 bridgehead atoms. The molecule has 1 aliphatic rings. The van der Waals surface area contributed by atoms with Crippen LogP contribution in [0.5, 0.6) is 0 Å². The van der Waals surface area contributed by atoms with Crippen molar-refractivity contribution in [2.24, 2.45) is 11.5 Å². The van der Waals surface area contributed by atoms with Gasteiger partial charge in [-0.05, 0) is 47.0 Å². The van der Waals surface area contributed by atoms with E-state index >= 15 is 0 Å². The van der Waals surface area contributed by atoms with Crippen LogP contribution >= 0.6 is 28.1 Å². The zero-order valence-electron chi connectivity index (χ0n) is 9.73. The fourth-order valence-electron chi connectivity index (χ4n) is 2.24. The Labute approximate surface area is 119 Å². The lowest BCUT2D eigenvalue weighted by Crippen LogP contribution is -2.40. The molecule has 0 saturated carbocycles. The molecule has 1 saturated heterocycles. The molecular weight excluding hydrogens is 314 g/mol. The summed E-state index contributed by atoms with van der Waals surface area (Å²) in [6, 6.07) is 5.42. The van der Waals surface area contributed by atoms with Gasteiger partial charge in [0, 0.05) is 16.6 Å². The number of benzene rings is 1. The molecule has 1 aromatic rings. The van der Waals surface area contributed by atoms with Gasteiger partial charge in [0.25, 0.3) is 0 Å². The average molecular weight is 328 g/mol. The van der Waals surface area contributed by atoms with Crippen molar-refractivity contribution in [3.05, 3.63) is 28.2 Å². The molecule has 4 N–H and O–H groups in total. The van der Waals surface area contributed by atoms with Crippen molar-refractivity contribution >= 4 is 44.7 Å². The van der Waals surface area contributed by atoms with Gasteiger partial charge in [-0.15, -0.1) is 0 Å². The van der Waals surface area contributed by atoms with Crippen LogP contribution in [-0.2, 0) is 4.79 Å². The summed E-state index contributed by atoms with van der Waals surface area (Å²) in [5, 5.41) is 0. The van der Waals surface area contributed by atoms with Gasteiger partial charge in [0.1, 0.15) is 11.0 Å². The summed E-state index contributed by atoms with van der Waals surface area (Å²) in [6.07, 6.45) is 1.77.